The number of aromatic nitrogens is 1. The number of methoxy groups -OCH3 is 1. The molecule has 0 bridgehead atoms. The zero-order valence-corrected chi connectivity index (χ0v) is 10.3. The Morgan fingerprint density at radius 2 is 2.19 bits per heavy atom. The maximum atomic E-state index is 11.2. The molecule has 5 nitrogen and oxygen atoms in total. The Labute approximate surface area is 95.8 Å². The quantitative estimate of drug-likeness (QED) is 0.806. The van der Waals surface area contributed by atoms with Crippen molar-refractivity contribution in [2.24, 2.45) is 0 Å². The Bertz CT molecular complexity index is 414. The van der Waals surface area contributed by atoms with Crippen molar-refractivity contribution >= 4 is 15.5 Å². The van der Waals surface area contributed by atoms with Gasteiger partial charge in [0.2, 0.25) is 5.88 Å². The highest BCUT2D eigenvalue weighted by Crippen LogP contribution is 2.10. The van der Waals surface area contributed by atoms with Gasteiger partial charge in [0.15, 0.2) is 9.84 Å². The zero-order chi connectivity index (χ0) is 12.0. The van der Waals surface area contributed by atoms with Gasteiger partial charge in [-0.25, -0.2) is 13.4 Å². The molecule has 0 aliphatic heterocycles. The Balaban J connectivity index is 2.43. The zero-order valence-electron chi connectivity index (χ0n) is 9.43. The summed E-state index contributed by atoms with van der Waals surface area (Å²) in [5.41, 5.74) is 0.784. The van der Waals surface area contributed by atoms with Crippen LogP contribution in [0.15, 0.2) is 18.3 Å². The second-order valence-electron chi connectivity index (χ2n) is 3.25. The lowest BCUT2D eigenvalue weighted by molar-refractivity contribution is 0.398. The van der Waals surface area contributed by atoms with Crippen molar-refractivity contribution in [1.82, 2.24) is 4.98 Å². The number of hydrogen-bond acceptors (Lipinski definition) is 5. The van der Waals surface area contributed by atoms with Gasteiger partial charge >= 0.3 is 0 Å². The number of hydrogen-bond donors (Lipinski definition) is 1. The van der Waals surface area contributed by atoms with E-state index in [9.17, 15) is 8.42 Å². The fourth-order valence-corrected chi connectivity index (χ4v) is 1.80. The summed E-state index contributed by atoms with van der Waals surface area (Å²) in [5.74, 6) is 0.845. The highest BCUT2D eigenvalue weighted by Gasteiger charge is 2.06. The Morgan fingerprint density at radius 3 is 2.69 bits per heavy atom. The molecule has 0 aliphatic rings. The fraction of sp³-hybridized carbons (Fsp3) is 0.500. The van der Waals surface area contributed by atoms with Crippen molar-refractivity contribution < 1.29 is 13.2 Å². The molecule has 0 spiro atoms. The van der Waals surface area contributed by atoms with Gasteiger partial charge in [-0.1, -0.05) is 6.92 Å². The normalized spacial score (nSPS) is 11.1. The fourth-order valence-electron chi connectivity index (χ4n) is 1.10. The predicted molar refractivity (Wildman–Crippen MR) is 63.6 cm³/mol. The van der Waals surface area contributed by atoms with E-state index in [-0.39, 0.29) is 11.5 Å². The van der Waals surface area contributed by atoms with Gasteiger partial charge in [0.25, 0.3) is 0 Å². The first kappa shape index (κ1) is 12.8. The predicted octanol–water partition coefficient (Wildman–Crippen LogP) is 0.937. The van der Waals surface area contributed by atoms with Crippen LogP contribution in [0.4, 0.5) is 5.69 Å². The third kappa shape index (κ3) is 4.06. The van der Waals surface area contributed by atoms with Crippen LogP contribution in [-0.2, 0) is 9.84 Å². The Morgan fingerprint density at radius 1 is 1.44 bits per heavy atom. The van der Waals surface area contributed by atoms with Crippen LogP contribution in [0.3, 0.4) is 0 Å². The highest BCUT2D eigenvalue weighted by molar-refractivity contribution is 7.91. The van der Waals surface area contributed by atoms with Gasteiger partial charge in [0.05, 0.1) is 24.7 Å². The molecule has 1 rings (SSSR count). The minimum Gasteiger partial charge on any atom is -0.481 e. The monoisotopic (exact) mass is 244 g/mol. The maximum Gasteiger partial charge on any atom is 0.213 e. The average molecular weight is 244 g/mol. The van der Waals surface area contributed by atoms with Gasteiger partial charge in [-0.3, -0.25) is 0 Å². The lowest BCUT2D eigenvalue weighted by Gasteiger charge is -2.06. The first-order chi connectivity index (χ1) is 7.57. The minimum atomic E-state index is -2.91. The van der Waals surface area contributed by atoms with Gasteiger partial charge < -0.3 is 10.1 Å². The average Bonchev–Trinajstić information content (AvgIpc) is 2.30. The smallest absolute Gasteiger partial charge is 0.213 e. The third-order valence-corrected chi connectivity index (χ3v) is 3.83. The molecule has 16 heavy (non-hydrogen) atoms. The number of rotatable bonds is 6. The third-order valence-electron chi connectivity index (χ3n) is 2.13. The first-order valence-electron chi connectivity index (χ1n) is 5.01. The van der Waals surface area contributed by atoms with Crippen LogP contribution < -0.4 is 10.1 Å². The lowest BCUT2D eigenvalue weighted by atomic mass is 10.4. The van der Waals surface area contributed by atoms with Gasteiger partial charge in [-0.05, 0) is 6.07 Å². The molecule has 0 radical (unpaired) electrons. The summed E-state index contributed by atoms with van der Waals surface area (Å²) >= 11 is 0. The van der Waals surface area contributed by atoms with Crippen molar-refractivity contribution in [2.45, 2.75) is 6.92 Å². The molecule has 0 fully saturated rings. The highest BCUT2D eigenvalue weighted by atomic mass is 32.2. The molecule has 0 amide bonds. The van der Waals surface area contributed by atoms with Crippen LogP contribution in [0.2, 0.25) is 0 Å². The van der Waals surface area contributed by atoms with Crippen LogP contribution in [0.25, 0.3) is 0 Å². The summed E-state index contributed by atoms with van der Waals surface area (Å²) in [6.07, 6.45) is 1.61. The number of pyridine rings is 1. The van der Waals surface area contributed by atoms with E-state index >= 15 is 0 Å². The van der Waals surface area contributed by atoms with Crippen molar-refractivity contribution in [1.29, 1.82) is 0 Å². The van der Waals surface area contributed by atoms with Gasteiger partial charge in [-0.15, -0.1) is 0 Å². The van der Waals surface area contributed by atoms with Crippen molar-refractivity contribution in [3.63, 3.8) is 0 Å². The molecule has 1 N–H and O–H groups in total. The molecule has 0 saturated heterocycles. The molecule has 0 atom stereocenters. The largest absolute Gasteiger partial charge is 0.481 e. The summed E-state index contributed by atoms with van der Waals surface area (Å²) < 4.78 is 27.3. The van der Waals surface area contributed by atoms with Gasteiger partial charge in [0, 0.05) is 18.4 Å². The Hall–Kier alpha value is -1.30. The maximum absolute atomic E-state index is 11.2. The standard InChI is InChI=1S/C10H16N2O3S/c1-3-16(13,14)7-6-11-9-4-5-10(15-2)12-8-9/h4-5,8,11H,3,6-7H2,1-2H3. The van der Waals surface area contributed by atoms with E-state index in [0.717, 1.165) is 5.69 Å². The molecule has 1 aromatic rings. The van der Waals surface area contributed by atoms with E-state index in [4.69, 9.17) is 4.74 Å². The van der Waals surface area contributed by atoms with E-state index in [1.807, 2.05) is 0 Å². The molecule has 1 aromatic heterocycles. The molecule has 90 valence electrons. The van der Waals surface area contributed by atoms with Crippen molar-refractivity contribution in [2.75, 3.05) is 30.5 Å². The van der Waals surface area contributed by atoms with Gasteiger partial charge in [-0.2, -0.15) is 0 Å². The van der Waals surface area contributed by atoms with Crippen LogP contribution in [0.1, 0.15) is 6.92 Å². The molecular formula is C10H16N2O3S. The van der Waals surface area contributed by atoms with E-state index in [1.165, 1.54) is 0 Å². The van der Waals surface area contributed by atoms with Crippen LogP contribution >= 0.6 is 0 Å². The first-order valence-corrected chi connectivity index (χ1v) is 6.84. The second-order valence-corrected chi connectivity index (χ2v) is 5.73. The second kappa shape index (κ2) is 5.69. The van der Waals surface area contributed by atoms with Crippen molar-refractivity contribution in [3.05, 3.63) is 18.3 Å². The molecule has 0 saturated carbocycles. The van der Waals surface area contributed by atoms with Crippen molar-refractivity contribution in [3.8, 4) is 5.88 Å². The van der Waals surface area contributed by atoms with E-state index < -0.39 is 9.84 Å². The summed E-state index contributed by atoms with van der Waals surface area (Å²) in [4.78, 5) is 4.00. The summed E-state index contributed by atoms with van der Waals surface area (Å²) in [7, 11) is -1.37. The van der Waals surface area contributed by atoms with E-state index in [0.29, 0.717) is 12.4 Å². The number of nitrogens with zero attached hydrogens (tertiary/aromatic N) is 1. The summed E-state index contributed by atoms with van der Waals surface area (Å²) in [6.45, 7) is 2.04. The molecule has 6 heteroatoms. The molecule has 1 heterocycles. The number of nitrogens with one attached hydrogen (secondary N) is 1. The number of sulfone groups is 1. The van der Waals surface area contributed by atoms with Crippen LogP contribution in [0, 0.1) is 0 Å². The van der Waals surface area contributed by atoms with E-state index in [2.05, 4.69) is 10.3 Å². The topological polar surface area (TPSA) is 68.3 Å². The minimum absolute atomic E-state index is 0.134. The van der Waals surface area contributed by atoms with Gasteiger partial charge in [0.1, 0.15) is 0 Å². The summed E-state index contributed by atoms with van der Waals surface area (Å²) in [5, 5.41) is 2.99. The lowest BCUT2D eigenvalue weighted by Crippen LogP contribution is -2.17. The van der Waals surface area contributed by atoms with Crippen LogP contribution in [0.5, 0.6) is 5.88 Å². The van der Waals surface area contributed by atoms with E-state index in [1.54, 1.807) is 32.4 Å². The number of ether oxygens (including phenoxy) is 1. The Kier molecular flexibility index (Phi) is 4.54. The molecule has 0 aliphatic carbocycles. The van der Waals surface area contributed by atoms with Crippen LogP contribution in [-0.4, -0.2) is 38.6 Å². The number of anilines is 1. The summed E-state index contributed by atoms with van der Waals surface area (Å²) in [6, 6.07) is 3.51. The SMILES string of the molecule is CCS(=O)(=O)CCNc1ccc(OC)nc1. The molecular weight excluding hydrogens is 228 g/mol. The molecule has 0 aromatic carbocycles. The molecule has 0 unspecified atom stereocenters.